The van der Waals surface area contributed by atoms with Gasteiger partial charge in [0.1, 0.15) is 11.6 Å². The van der Waals surface area contributed by atoms with Gasteiger partial charge in [0.25, 0.3) is 5.56 Å². The molecule has 2 N–H and O–H groups in total. The minimum Gasteiger partial charge on any atom is -0.341 e. The Hall–Kier alpha value is -3.87. The zero-order chi connectivity index (χ0) is 20.3. The third-order valence-electron chi connectivity index (χ3n) is 5.59. The standard InChI is InChI=1S/C22H18N4O3/c1-25-20-17(21(28)26(2)22(25)29)16(18(27)12-8-4-3-5-9-12)15-13-10-6-7-11-14(13)23-19(15)24-20/h3-11,16,23-24H,1-2H3/t16-/m0/s1. The summed E-state index contributed by atoms with van der Waals surface area (Å²) >= 11 is 0. The van der Waals surface area contributed by atoms with E-state index in [0.29, 0.717) is 17.2 Å². The van der Waals surface area contributed by atoms with Crippen molar-refractivity contribution in [2.45, 2.75) is 5.92 Å². The van der Waals surface area contributed by atoms with Gasteiger partial charge in [-0.05, 0) is 6.07 Å². The van der Waals surface area contributed by atoms with E-state index in [1.54, 1.807) is 31.3 Å². The highest BCUT2D eigenvalue weighted by Crippen LogP contribution is 2.44. The predicted octanol–water partition coefficient (Wildman–Crippen LogP) is 2.64. The average molecular weight is 386 g/mol. The molecule has 2 aromatic carbocycles. The Morgan fingerprint density at radius 2 is 1.59 bits per heavy atom. The number of anilines is 2. The van der Waals surface area contributed by atoms with Crippen molar-refractivity contribution in [1.29, 1.82) is 0 Å². The molecule has 4 aromatic rings. The summed E-state index contributed by atoms with van der Waals surface area (Å²) in [5, 5.41) is 4.05. The van der Waals surface area contributed by atoms with Crippen LogP contribution in [0.3, 0.4) is 0 Å². The summed E-state index contributed by atoms with van der Waals surface area (Å²) in [5.41, 5.74) is 1.44. The fourth-order valence-corrected chi connectivity index (χ4v) is 4.14. The summed E-state index contributed by atoms with van der Waals surface area (Å²) in [4.78, 5) is 42.6. The van der Waals surface area contributed by atoms with Crippen LogP contribution in [0.1, 0.15) is 27.4 Å². The van der Waals surface area contributed by atoms with Crippen LogP contribution in [0.25, 0.3) is 10.9 Å². The Labute approximate surface area is 165 Å². The lowest BCUT2D eigenvalue weighted by Crippen LogP contribution is -2.43. The number of aromatic amines is 1. The molecular weight excluding hydrogens is 368 g/mol. The number of carbonyl (C=O) groups is 1. The average Bonchev–Trinajstić information content (AvgIpc) is 3.13. The van der Waals surface area contributed by atoms with Crippen molar-refractivity contribution in [1.82, 2.24) is 14.1 Å². The summed E-state index contributed by atoms with van der Waals surface area (Å²) in [6.45, 7) is 0. The first kappa shape index (κ1) is 17.2. The Kier molecular flexibility index (Phi) is 3.61. The molecule has 2 aromatic heterocycles. The van der Waals surface area contributed by atoms with Crippen molar-refractivity contribution < 1.29 is 4.79 Å². The number of carbonyl (C=O) groups excluding carboxylic acids is 1. The van der Waals surface area contributed by atoms with Gasteiger partial charge >= 0.3 is 5.69 Å². The number of aromatic nitrogens is 3. The number of nitrogens with zero attached hydrogens (tertiary/aromatic N) is 2. The van der Waals surface area contributed by atoms with E-state index in [1.165, 1.54) is 11.6 Å². The molecule has 0 unspecified atom stereocenters. The van der Waals surface area contributed by atoms with Crippen LogP contribution in [0.4, 0.5) is 11.6 Å². The van der Waals surface area contributed by atoms with Gasteiger partial charge in [0.2, 0.25) is 0 Å². The van der Waals surface area contributed by atoms with Gasteiger partial charge in [-0.3, -0.25) is 18.7 Å². The zero-order valence-electron chi connectivity index (χ0n) is 15.9. The molecule has 1 atom stereocenters. The first-order chi connectivity index (χ1) is 14.0. The Morgan fingerprint density at radius 3 is 2.34 bits per heavy atom. The van der Waals surface area contributed by atoms with E-state index in [1.807, 2.05) is 30.3 Å². The molecular formula is C22H18N4O3. The summed E-state index contributed by atoms with van der Waals surface area (Å²) in [6.07, 6.45) is 0. The molecule has 0 spiro atoms. The fraction of sp³-hybridized carbons (Fsp3) is 0.136. The molecule has 144 valence electrons. The molecule has 0 saturated carbocycles. The van der Waals surface area contributed by atoms with Crippen molar-refractivity contribution in [3.8, 4) is 0 Å². The molecule has 0 aliphatic carbocycles. The van der Waals surface area contributed by atoms with E-state index >= 15 is 0 Å². The molecule has 0 radical (unpaired) electrons. The first-order valence-electron chi connectivity index (χ1n) is 9.26. The van der Waals surface area contributed by atoms with E-state index < -0.39 is 17.2 Å². The van der Waals surface area contributed by atoms with Gasteiger partial charge in [0.05, 0.1) is 11.5 Å². The maximum atomic E-state index is 13.6. The van der Waals surface area contributed by atoms with Gasteiger partial charge in [-0.2, -0.15) is 0 Å². The second-order valence-electron chi connectivity index (χ2n) is 7.22. The maximum Gasteiger partial charge on any atom is 0.332 e. The number of benzene rings is 2. The van der Waals surface area contributed by atoms with E-state index in [2.05, 4.69) is 10.3 Å². The molecule has 5 rings (SSSR count). The molecule has 0 amide bonds. The van der Waals surface area contributed by atoms with E-state index in [4.69, 9.17) is 0 Å². The summed E-state index contributed by atoms with van der Waals surface area (Å²) < 4.78 is 2.42. The molecule has 7 heteroatoms. The quantitative estimate of drug-likeness (QED) is 0.519. The monoisotopic (exact) mass is 386 g/mol. The number of hydrogen-bond acceptors (Lipinski definition) is 4. The number of hydrogen-bond donors (Lipinski definition) is 2. The number of H-pyrrole nitrogens is 1. The molecule has 3 heterocycles. The number of ketones is 1. The lowest BCUT2D eigenvalue weighted by atomic mass is 9.83. The number of nitrogens with one attached hydrogen (secondary N) is 2. The molecule has 0 bridgehead atoms. The SMILES string of the molecule is Cn1c2c(c(=O)n(C)c1=O)[C@@H](C(=O)c1ccccc1)c1c([nH]c3ccccc13)N2. The largest absolute Gasteiger partial charge is 0.341 e. The third kappa shape index (κ3) is 2.34. The Balaban J connectivity index is 1.89. The van der Waals surface area contributed by atoms with Gasteiger partial charge in [0, 0.05) is 36.1 Å². The van der Waals surface area contributed by atoms with Crippen LogP contribution < -0.4 is 16.6 Å². The lowest BCUT2D eigenvalue weighted by Gasteiger charge is -2.27. The van der Waals surface area contributed by atoms with E-state index in [-0.39, 0.29) is 11.3 Å². The molecule has 1 aliphatic heterocycles. The number of fused-ring (bicyclic) bond motifs is 4. The van der Waals surface area contributed by atoms with Crippen LogP contribution in [-0.2, 0) is 14.1 Å². The summed E-state index contributed by atoms with van der Waals surface area (Å²) in [6, 6.07) is 16.6. The molecule has 29 heavy (non-hydrogen) atoms. The number of para-hydroxylation sites is 1. The second-order valence-corrected chi connectivity index (χ2v) is 7.22. The van der Waals surface area contributed by atoms with Crippen molar-refractivity contribution in [3.05, 3.63) is 92.1 Å². The van der Waals surface area contributed by atoms with Crippen LogP contribution >= 0.6 is 0 Å². The molecule has 7 nitrogen and oxygen atoms in total. The van der Waals surface area contributed by atoms with Crippen LogP contribution in [0.5, 0.6) is 0 Å². The maximum absolute atomic E-state index is 13.6. The van der Waals surface area contributed by atoms with Crippen molar-refractivity contribution in [3.63, 3.8) is 0 Å². The highest BCUT2D eigenvalue weighted by molar-refractivity contribution is 6.09. The molecule has 0 fully saturated rings. The molecule has 1 aliphatic rings. The van der Waals surface area contributed by atoms with Gasteiger partial charge in [-0.15, -0.1) is 0 Å². The summed E-state index contributed by atoms with van der Waals surface area (Å²) in [7, 11) is 3.02. The lowest BCUT2D eigenvalue weighted by molar-refractivity contribution is 0.0973. The second kappa shape index (κ2) is 6.07. The normalized spacial score (nSPS) is 14.9. The highest BCUT2D eigenvalue weighted by Gasteiger charge is 2.38. The minimum atomic E-state index is -0.828. The molecule has 0 saturated heterocycles. The topological polar surface area (TPSA) is 88.9 Å². The smallest absolute Gasteiger partial charge is 0.332 e. The van der Waals surface area contributed by atoms with Gasteiger partial charge in [-0.25, -0.2) is 4.79 Å². The van der Waals surface area contributed by atoms with Crippen LogP contribution in [-0.4, -0.2) is 19.9 Å². The first-order valence-corrected chi connectivity index (χ1v) is 9.26. The van der Waals surface area contributed by atoms with Crippen LogP contribution in [0, 0.1) is 0 Å². The van der Waals surface area contributed by atoms with Crippen LogP contribution in [0.2, 0.25) is 0 Å². The summed E-state index contributed by atoms with van der Waals surface area (Å²) in [5.74, 6) is -0.0527. The van der Waals surface area contributed by atoms with Gasteiger partial charge < -0.3 is 10.3 Å². The third-order valence-corrected chi connectivity index (χ3v) is 5.59. The van der Waals surface area contributed by atoms with Crippen molar-refractivity contribution in [2.75, 3.05) is 5.32 Å². The number of Topliss-reactive ketones (excluding diaryl/α,β-unsaturated/α-hetero) is 1. The van der Waals surface area contributed by atoms with E-state index in [0.717, 1.165) is 21.0 Å². The fourth-order valence-electron chi connectivity index (χ4n) is 4.14. The van der Waals surface area contributed by atoms with Crippen LogP contribution in [0.15, 0.2) is 64.2 Å². The van der Waals surface area contributed by atoms with E-state index in [9.17, 15) is 14.4 Å². The zero-order valence-corrected chi connectivity index (χ0v) is 15.9. The Morgan fingerprint density at radius 1 is 0.897 bits per heavy atom. The minimum absolute atomic E-state index is 0.185. The van der Waals surface area contributed by atoms with Crippen molar-refractivity contribution in [2.24, 2.45) is 14.1 Å². The predicted molar refractivity (Wildman–Crippen MR) is 111 cm³/mol. The van der Waals surface area contributed by atoms with Gasteiger partial charge in [-0.1, -0.05) is 48.5 Å². The highest BCUT2D eigenvalue weighted by atomic mass is 16.2. The number of rotatable bonds is 2. The Bertz CT molecular complexity index is 1410. The van der Waals surface area contributed by atoms with Crippen molar-refractivity contribution >= 4 is 28.3 Å². The van der Waals surface area contributed by atoms with Gasteiger partial charge in [0.15, 0.2) is 5.78 Å².